The second kappa shape index (κ2) is 7.41. The van der Waals surface area contributed by atoms with E-state index in [2.05, 4.69) is 40.0 Å². The quantitative estimate of drug-likeness (QED) is 0.846. The zero-order chi connectivity index (χ0) is 17.9. The standard InChI is InChI=1S/C20H24N4O2/c1-15-4-2-5-16(12-15)13-23-10-11-26-18-14-24(9-6-17(18)19(23)25)20-21-7-3-8-22-20/h2-5,7-8,12,17-18H,6,9-11,13-14H2,1H3/t17-,18+/m1/s1. The van der Waals surface area contributed by atoms with Gasteiger partial charge in [-0.05, 0) is 25.0 Å². The SMILES string of the molecule is Cc1cccc(CN2CCO[C@H]3CN(c4ncccn4)CC[C@H]3C2=O)c1. The molecule has 136 valence electrons. The van der Waals surface area contributed by atoms with Gasteiger partial charge in [0.1, 0.15) is 0 Å². The van der Waals surface area contributed by atoms with E-state index >= 15 is 0 Å². The van der Waals surface area contributed by atoms with Crippen molar-refractivity contribution in [3.05, 3.63) is 53.9 Å². The van der Waals surface area contributed by atoms with Gasteiger partial charge in [0.15, 0.2) is 0 Å². The van der Waals surface area contributed by atoms with E-state index in [1.54, 1.807) is 12.4 Å². The number of hydrogen-bond acceptors (Lipinski definition) is 5. The van der Waals surface area contributed by atoms with Crippen molar-refractivity contribution in [1.82, 2.24) is 14.9 Å². The molecule has 0 saturated carbocycles. The van der Waals surface area contributed by atoms with Gasteiger partial charge < -0.3 is 14.5 Å². The summed E-state index contributed by atoms with van der Waals surface area (Å²) in [6, 6.07) is 10.2. The van der Waals surface area contributed by atoms with Crippen LogP contribution in [0.1, 0.15) is 17.5 Å². The molecule has 1 aromatic heterocycles. The summed E-state index contributed by atoms with van der Waals surface area (Å²) in [4.78, 5) is 25.8. The van der Waals surface area contributed by atoms with Crippen molar-refractivity contribution in [3.63, 3.8) is 0 Å². The first-order chi connectivity index (χ1) is 12.7. The first-order valence-electron chi connectivity index (χ1n) is 9.18. The molecule has 0 unspecified atom stereocenters. The van der Waals surface area contributed by atoms with E-state index in [-0.39, 0.29) is 17.9 Å². The smallest absolute Gasteiger partial charge is 0.228 e. The maximum absolute atomic E-state index is 13.1. The van der Waals surface area contributed by atoms with Crippen LogP contribution in [0.4, 0.5) is 5.95 Å². The zero-order valence-corrected chi connectivity index (χ0v) is 15.0. The number of anilines is 1. The summed E-state index contributed by atoms with van der Waals surface area (Å²) in [5, 5.41) is 0. The summed E-state index contributed by atoms with van der Waals surface area (Å²) in [6.07, 6.45) is 4.17. The van der Waals surface area contributed by atoms with Crippen molar-refractivity contribution in [2.45, 2.75) is 26.0 Å². The lowest BCUT2D eigenvalue weighted by atomic mass is 9.92. The molecule has 0 bridgehead atoms. The zero-order valence-electron chi connectivity index (χ0n) is 15.0. The molecular formula is C20H24N4O2. The van der Waals surface area contributed by atoms with Crippen molar-refractivity contribution in [3.8, 4) is 0 Å². The normalized spacial score (nSPS) is 23.5. The van der Waals surface area contributed by atoms with Crippen LogP contribution in [-0.2, 0) is 16.1 Å². The molecule has 2 fully saturated rings. The van der Waals surface area contributed by atoms with Crippen LogP contribution in [0.2, 0.25) is 0 Å². The van der Waals surface area contributed by atoms with E-state index in [4.69, 9.17) is 4.74 Å². The summed E-state index contributed by atoms with van der Waals surface area (Å²) in [6.45, 7) is 5.38. The molecule has 6 heteroatoms. The number of hydrogen-bond donors (Lipinski definition) is 0. The van der Waals surface area contributed by atoms with Crippen LogP contribution in [0.5, 0.6) is 0 Å². The number of carbonyl (C=O) groups is 1. The first-order valence-corrected chi connectivity index (χ1v) is 9.18. The third kappa shape index (κ3) is 3.55. The number of fused-ring (bicyclic) bond motifs is 1. The number of rotatable bonds is 3. The van der Waals surface area contributed by atoms with Crippen LogP contribution in [0.15, 0.2) is 42.7 Å². The highest BCUT2D eigenvalue weighted by Gasteiger charge is 2.39. The monoisotopic (exact) mass is 352 g/mol. The topological polar surface area (TPSA) is 58.6 Å². The Labute approximate surface area is 153 Å². The summed E-state index contributed by atoms with van der Waals surface area (Å²) >= 11 is 0. The summed E-state index contributed by atoms with van der Waals surface area (Å²) < 4.78 is 6.06. The van der Waals surface area contributed by atoms with E-state index < -0.39 is 0 Å². The molecule has 3 heterocycles. The third-order valence-electron chi connectivity index (χ3n) is 5.17. The average Bonchev–Trinajstić information content (AvgIpc) is 2.81. The van der Waals surface area contributed by atoms with Gasteiger partial charge in [-0.1, -0.05) is 29.8 Å². The fourth-order valence-corrected chi connectivity index (χ4v) is 3.85. The van der Waals surface area contributed by atoms with Gasteiger partial charge in [0.05, 0.1) is 18.6 Å². The molecule has 2 saturated heterocycles. The van der Waals surface area contributed by atoms with Gasteiger partial charge >= 0.3 is 0 Å². The van der Waals surface area contributed by atoms with E-state index in [1.165, 1.54) is 11.1 Å². The van der Waals surface area contributed by atoms with E-state index in [9.17, 15) is 4.79 Å². The maximum Gasteiger partial charge on any atom is 0.228 e. The molecule has 4 rings (SSSR count). The predicted octanol–water partition coefficient (Wildman–Crippen LogP) is 2.04. The lowest BCUT2D eigenvalue weighted by molar-refractivity contribution is -0.137. The highest BCUT2D eigenvalue weighted by molar-refractivity contribution is 5.80. The molecule has 0 aliphatic carbocycles. The van der Waals surface area contributed by atoms with Gasteiger partial charge in [-0.25, -0.2) is 9.97 Å². The number of amides is 1. The summed E-state index contributed by atoms with van der Waals surface area (Å²) in [5.74, 6) is 0.841. The molecule has 0 radical (unpaired) electrons. The Balaban J connectivity index is 1.46. The Morgan fingerprint density at radius 1 is 1.19 bits per heavy atom. The number of aryl methyl sites for hydroxylation is 1. The number of aromatic nitrogens is 2. The number of carbonyl (C=O) groups excluding carboxylic acids is 1. The van der Waals surface area contributed by atoms with Crippen molar-refractivity contribution in [1.29, 1.82) is 0 Å². The number of piperidine rings is 1. The Morgan fingerprint density at radius 2 is 2.04 bits per heavy atom. The molecule has 2 aliphatic rings. The maximum atomic E-state index is 13.1. The molecule has 0 spiro atoms. The minimum Gasteiger partial charge on any atom is -0.374 e. The average molecular weight is 352 g/mol. The van der Waals surface area contributed by atoms with Gasteiger partial charge in [0.25, 0.3) is 0 Å². The second-order valence-electron chi connectivity index (χ2n) is 7.05. The predicted molar refractivity (Wildman–Crippen MR) is 98.7 cm³/mol. The fraction of sp³-hybridized carbons (Fsp3) is 0.450. The van der Waals surface area contributed by atoms with Crippen molar-refractivity contribution >= 4 is 11.9 Å². The van der Waals surface area contributed by atoms with Crippen molar-refractivity contribution in [2.75, 3.05) is 31.1 Å². The van der Waals surface area contributed by atoms with E-state index in [1.807, 2.05) is 17.0 Å². The second-order valence-corrected chi connectivity index (χ2v) is 7.05. The molecule has 2 aliphatic heterocycles. The van der Waals surface area contributed by atoms with Gasteiger partial charge in [-0.15, -0.1) is 0 Å². The van der Waals surface area contributed by atoms with Crippen molar-refractivity contribution < 1.29 is 9.53 Å². The molecule has 0 N–H and O–H groups in total. The Kier molecular flexibility index (Phi) is 4.84. The Hall–Kier alpha value is -2.47. The minimum absolute atomic E-state index is 0.0812. The van der Waals surface area contributed by atoms with Gasteiger partial charge in [0.2, 0.25) is 11.9 Å². The lowest BCUT2D eigenvalue weighted by Gasteiger charge is -2.37. The minimum atomic E-state index is -0.0948. The third-order valence-corrected chi connectivity index (χ3v) is 5.17. The summed E-state index contributed by atoms with van der Waals surface area (Å²) in [5.41, 5.74) is 2.39. The number of nitrogens with zero attached hydrogens (tertiary/aromatic N) is 4. The van der Waals surface area contributed by atoms with Gasteiger partial charge in [0, 0.05) is 38.6 Å². The lowest BCUT2D eigenvalue weighted by Crippen LogP contribution is -2.49. The van der Waals surface area contributed by atoms with E-state index in [0.29, 0.717) is 32.2 Å². The van der Waals surface area contributed by atoms with Crippen molar-refractivity contribution in [2.24, 2.45) is 5.92 Å². The summed E-state index contributed by atoms with van der Waals surface area (Å²) in [7, 11) is 0. The van der Waals surface area contributed by atoms with Gasteiger partial charge in [-0.2, -0.15) is 0 Å². The molecule has 2 atom stereocenters. The number of ether oxygens (including phenoxy) is 1. The van der Waals surface area contributed by atoms with Crippen LogP contribution in [0, 0.1) is 12.8 Å². The highest BCUT2D eigenvalue weighted by atomic mass is 16.5. The molecule has 2 aromatic rings. The van der Waals surface area contributed by atoms with Crippen LogP contribution in [0.25, 0.3) is 0 Å². The Bertz CT molecular complexity index is 767. The van der Waals surface area contributed by atoms with Crippen LogP contribution in [0.3, 0.4) is 0 Å². The van der Waals surface area contributed by atoms with Crippen LogP contribution < -0.4 is 4.90 Å². The molecule has 1 aromatic carbocycles. The Morgan fingerprint density at radius 3 is 2.85 bits per heavy atom. The molecule has 1 amide bonds. The fourth-order valence-electron chi connectivity index (χ4n) is 3.85. The van der Waals surface area contributed by atoms with Gasteiger partial charge in [-0.3, -0.25) is 4.79 Å². The molecule has 26 heavy (non-hydrogen) atoms. The van der Waals surface area contributed by atoms with Crippen LogP contribution in [-0.4, -0.2) is 53.1 Å². The molecule has 6 nitrogen and oxygen atoms in total. The van der Waals surface area contributed by atoms with E-state index in [0.717, 1.165) is 13.0 Å². The highest BCUT2D eigenvalue weighted by Crippen LogP contribution is 2.27. The number of benzene rings is 1. The molecular weight excluding hydrogens is 328 g/mol. The first kappa shape index (κ1) is 17.0. The largest absolute Gasteiger partial charge is 0.374 e. The van der Waals surface area contributed by atoms with Crippen LogP contribution >= 0.6 is 0 Å².